The van der Waals surface area contributed by atoms with Gasteiger partial charge in [0.1, 0.15) is 10.3 Å². The minimum Gasteiger partial charge on any atom is -0.344 e. The van der Waals surface area contributed by atoms with Crippen LogP contribution in [0.5, 0.6) is 0 Å². The number of carbonyl (C=O) groups is 1. The van der Waals surface area contributed by atoms with Crippen LogP contribution in [-0.2, 0) is 7.05 Å². The molecule has 2 aromatic rings. The summed E-state index contributed by atoms with van der Waals surface area (Å²) in [4.78, 5) is 16.4. The molecule has 1 N–H and O–H groups in total. The fourth-order valence-corrected chi connectivity index (χ4v) is 2.09. The van der Waals surface area contributed by atoms with Gasteiger partial charge in [-0.2, -0.15) is 0 Å². The Morgan fingerprint density at radius 1 is 1.28 bits per heavy atom. The number of nitrogens with one attached hydrogen (secondary N) is 1. The molecule has 0 aromatic carbocycles. The van der Waals surface area contributed by atoms with Crippen molar-refractivity contribution in [1.82, 2.24) is 9.55 Å². The molecule has 0 spiro atoms. The maximum absolute atomic E-state index is 12.1. The number of hydrogen-bond acceptors (Lipinski definition) is 2. The zero-order chi connectivity index (χ0) is 13.3. The molecule has 0 radical (unpaired) electrons. The van der Waals surface area contributed by atoms with Gasteiger partial charge >= 0.3 is 0 Å². The van der Waals surface area contributed by atoms with E-state index >= 15 is 0 Å². The van der Waals surface area contributed by atoms with E-state index in [9.17, 15) is 4.79 Å². The molecule has 5 heteroatoms. The summed E-state index contributed by atoms with van der Waals surface area (Å²) in [5.74, 6) is -0.127. The Morgan fingerprint density at radius 2 is 2.00 bits per heavy atom. The van der Waals surface area contributed by atoms with Crippen molar-refractivity contribution in [3.8, 4) is 0 Å². The predicted molar refractivity (Wildman–Crippen MR) is 74.8 cm³/mol. The van der Waals surface area contributed by atoms with Crippen molar-refractivity contribution < 1.29 is 4.79 Å². The largest absolute Gasteiger partial charge is 0.344 e. The maximum atomic E-state index is 12.1. The first kappa shape index (κ1) is 12.8. The van der Waals surface area contributed by atoms with E-state index < -0.39 is 0 Å². The van der Waals surface area contributed by atoms with Crippen LogP contribution in [0.15, 0.2) is 28.9 Å². The third-order valence-electron chi connectivity index (χ3n) is 2.91. The molecule has 94 valence electrons. The van der Waals surface area contributed by atoms with Crippen molar-refractivity contribution in [2.24, 2.45) is 7.05 Å². The first-order valence-electron chi connectivity index (χ1n) is 5.56. The lowest BCUT2D eigenvalue weighted by Crippen LogP contribution is -2.16. The topological polar surface area (TPSA) is 46.9 Å². The molecule has 0 bridgehead atoms. The molecule has 0 saturated carbocycles. The second kappa shape index (κ2) is 4.94. The fourth-order valence-electron chi connectivity index (χ4n) is 1.69. The van der Waals surface area contributed by atoms with E-state index in [1.807, 2.05) is 43.7 Å². The Labute approximate surface area is 114 Å². The molecule has 4 nitrogen and oxygen atoms in total. The monoisotopic (exact) mass is 307 g/mol. The van der Waals surface area contributed by atoms with Crippen LogP contribution in [0.3, 0.4) is 0 Å². The van der Waals surface area contributed by atoms with E-state index in [1.165, 1.54) is 0 Å². The second-order valence-corrected chi connectivity index (χ2v) is 4.95. The van der Waals surface area contributed by atoms with Crippen molar-refractivity contribution in [2.75, 3.05) is 5.32 Å². The number of aryl methyl sites for hydroxylation is 2. The van der Waals surface area contributed by atoms with Crippen molar-refractivity contribution in [3.63, 3.8) is 0 Å². The molecule has 0 saturated heterocycles. The fraction of sp³-hybridized carbons (Fsp3) is 0.231. The Kier molecular flexibility index (Phi) is 3.52. The predicted octanol–water partition coefficient (Wildman–Crippen LogP) is 3.05. The first-order valence-corrected chi connectivity index (χ1v) is 6.35. The molecule has 1 amide bonds. The van der Waals surface area contributed by atoms with Crippen LogP contribution in [0.1, 0.15) is 21.9 Å². The lowest BCUT2D eigenvalue weighted by atomic mass is 10.3. The van der Waals surface area contributed by atoms with Gasteiger partial charge in [0, 0.05) is 12.7 Å². The lowest BCUT2D eigenvalue weighted by Gasteiger charge is -2.09. The lowest BCUT2D eigenvalue weighted by molar-refractivity contribution is 0.101. The van der Waals surface area contributed by atoms with E-state index in [-0.39, 0.29) is 5.91 Å². The van der Waals surface area contributed by atoms with Gasteiger partial charge < -0.3 is 9.88 Å². The van der Waals surface area contributed by atoms with Gasteiger partial charge in [-0.25, -0.2) is 4.98 Å². The molecule has 18 heavy (non-hydrogen) atoms. The van der Waals surface area contributed by atoms with Gasteiger partial charge in [0.25, 0.3) is 5.91 Å². The van der Waals surface area contributed by atoms with Crippen LogP contribution in [-0.4, -0.2) is 15.5 Å². The summed E-state index contributed by atoms with van der Waals surface area (Å²) in [6.45, 7) is 3.82. The van der Waals surface area contributed by atoms with Gasteiger partial charge in [0.05, 0.1) is 11.4 Å². The van der Waals surface area contributed by atoms with Gasteiger partial charge in [-0.05, 0) is 54.0 Å². The minimum atomic E-state index is -0.127. The molecule has 2 heterocycles. The van der Waals surface area contributed by atoms with Gasteiger partial charge in [0.2, 0.25) is 0 Å². The SMILES string of the molecule is Cc1nc(Br)ccc1NC(=O)c1ccc(C)n1C. The molecular weight excluding hydrogens is 294 g/mol. The highest BCUT2D eigenvalue weighted by Gasteiger charge is 2.12. The standard InChI is InChI=1S/C13H14BrN3O/c1-8-4-6-11(17(8)3)13(18)16-10-5-7-12(14)15-9(10)2/h4-7H,1-3H3,(H,16,18). The van der Waals surface area contributed by atoms with Crippen LogP contribution >= 0.6 is 15.9 Å². The number of rotatable bonds is 2. The number of carbonyl (C=O) groups excluding carboxylic acids is 1. The molecule has 0 aliphatic heterocycles. The van der Waals surface area contributed by atoms with E-state index in [0.29, 0.717) is 5.69 Å². The van der Waals surface area contributed by atoms with E-state index in [4.69, 9.17) is 0 Å². The number of pyridine rings is 1. The first-order chi connectivity index (χ1) is 8.49. The van der Waals surface area contributed by atoms with E-state index in [1.54, 1.807) is 6.07 Å². The summed E-state index contributed by atoms with van der Waals surface area (Å²) in [5.41, 5.74) is 3.19. The Balaban J connectivity index is 2.24. The molecule has 0 atom stereocenters. The molecule has 0 unspecified atom stereocenters. The third kappa shape index (κ3) is 2.46. The highest BCUT2D eigenvalue weighted by atomic mass is 79.9. The number of nitrogens with zero attached hydrogens (tertiary/aromatic N) is 2. The summed E-state index contributed by atoms with van der Waals surface area (Å²) in [7, 11) is 1.87. The van der Waals surface area contributed by atoms with E-state index in [0.717, 1.165) is 21.7 Å². The van der Waals surface area contributed by atoms with Crippen LogP contribution in [0.25, 0.3) is 0 Å². The molecule has 0 aliphatic rings. The number of aromatic nitrogens is 2. The zero-order valence-electron chi connectivity index (χ0n) is 10.5. The summed E-state index contributed by atoms with van der Waals surface area (Å²) < 4.78 is 2.62. The summed E-state index contributed by atoms with van der Waals surface area (Å²) in [6.07, 6.45) is 0. The molecule has 2 rings (SSSR count). The number of anilines is 1. The quantitative estimate of drug-likeness (QED) is 0.867. The average molecular weight is 308 g/mol. The third-order valence-corrected chi connectivity index (χ3v) is 3.35. The molecular formula is C13H14BrN3O. The number of halogens is 1. The van der Waals surface area contributed by atoms with Crippen LogP contribution < -0.4 is 5.32 Å². The van der Waals surface area contributed by atoms with Crippen molar-refractivity contribution in [2.45, 2.75) is 13.8 Å². The molecule has 0 fully saturated rings. The number of amides is 1. The average Bonchev–Trinajstić information content (AvgIpc) is 2.64. The summed E-state index contributed by atoms with van der Waals surface area (Å²) in [6, 6.07) is 7.37. The second-order valence-electron chi connectivity index (χ2n) is 4.14. The molecule has 2 aromatic heterocycles. The van der Waals surface area contributed by atoms with Crippen molar-refractivity contribution in [3.05, 3.63) is 46.0 Å². The highest BCUT2D eigenvalue weighted by molar-refractivity contribution is 9.10. The van der Waals surface area contributed by atoms with Gasteiger partial charge in [-0.1, -0.05) is 0 Å². The summed E-state index contributed by atoms with van der Waals surface area (Å²) in [5, 5.41) is 2.86. The van der Waals surface area contributed by atoms with Crippen molar-refractivity contribution >= 4 is 27.5 Å². The highest BCUT2D eigenvalue weighted by Crippen LogP contribution is 2.17. The Bertz CT molecular complexity index is 604. The van der Waals surface area contributed by atoms with Gasteiger partial charge in [-0.15, -0.1) is 0 Å². The summed E-state index contributed by atoms with van der Waals surface area (Å²) >= 11 is 3.29. The molecule has 0 aliphatic carbocycles. The zero-order valence-corrected chi connectivity index (χ0v) is 12.1. The Hall–Kier alpha value is -1.62. The normalized spacial score (nSPS) is 10.4. The Morgan fingerprint density at radius 3 is 2.56 bits per heavy atom. The van der Waals surface area contributed by atoms with Crippen LogP contribution in [0.4, 0.5) is 5.69 Å². The number of hydrogen-bond donors (Lipinski definition) is 1. The maximum Gasteiger partial charge on any atom is 0.272 e. The van der Waals surface area contributed by atoms with E-state index in [2.05, 4.69) is 26.2 Å². The van der Waals surface area contributed by atoms with Crippen LogP contribution in [0.2, 0.25) is 0 Å². The minimum absolute atomic E-state index is 0.127. The smallest absolute Gasteiger partial charge is 0.272 e. The van der Waals surface area contributed by atoms with Gasteiger partial charge in [0.15, 0.2) is 0 Å². The van der Waals surface area contributed by atoms with Gasteiger partial charge in [-0.3, -0.25) is 4.79 Å². The van der Waals surface area contributed by atoms with Crippen LogP contribution in [0, 0.1) is 13.8 Å². The van der Waals surface area contributed by atoms with Crippen molar-refractivity contribution in [1.29, 1.82) is 0 Å².